The molecule has 0 atom stereocenters. The maximum atomic E-state index is 10.8. The van der Waals surface area contributed by atoms with Crippen LogP contribution in [0.1, 0.15) is 25.0 Å². The fourth-order valence-electron chi connectivity index (χ4n) is 4.89. The second-order valence-corrected chi connectivity index (χ2v) is 9.05. The molecule has 0 bridgehead atoms. The van der Waals surface area contributed by atoms with Crippen LogP contribution < -0.4 is 4.74 Å². The van der Waals surface area contributed by atoms with Gasteiger partial charge in [-0.2, -0.15) is 0 Å². The highest BCUT2D eigenvalue weighted by molar-refractivity contribution is 6.09. The zero-order valence-corrected chi connectivity index (χ0v) is 20.8. The van der Waals surface area contributed by atoms with Crippen LogP contribution in [-0.2, 0) is 12.8 Å². The van der Waals surface area contributed by atoms with E-state index in [2.05, 4.69) is 53.7 Å². The van der Waals surface area contributed by atoms with Gasteiger partial charge >= 0.3 is 0 Å². The summed E-state index contributed by atoms with van der Waals surface area (Å²) in [6.45, 7) is 4.32. The highest BCUT2D eigenvalue weighted by Crippen LogP contribution is 2.38. The van der Waals surface area contributed by atoms with Gasteiger partial charge in [0.15, 0.2) is 0 Å². The van der Waals surface area contributed by atoms with E-state index in [1.807, 2.05) is 54.6 Å². The molecule has 0 amide bonds. The lowest BCUT2D eigenvalue weighted by molar-refractivity contribution is 0.463. The van der Waals surface area contributed by atoms with Gasteiger partial charge in [0.2, 0.25) is 5.88 Å². The van der Waals surface area contributed by atoms with E-state index >= 15 is 0 Å². The number of nitrogens with zero attached hydrogens (tertiary/aromatic N) is 3. The van der Waals surface area contributed by atoms with E-state index in [0.29, 0.717) is 17.3 Å². The number of aryl methyl sites for hydroxylation is 2. The third-order valence-electron chi connectivity index (χ3n) is 6.76. The maximum absolute atomic E-state index is 10.8. The predicted molar refractivity (Wildman–Crippen MR) is 149 cm³/mol. The molecule has 182 valence electrons. The highest BCUT2D eigenvalue weighted by Gasteiger charge is 2.19. The second-order valence-electron chi connectivity index (χ2n) is 9.05. The molecule has 3 aromatic heterocycles. The molecule has 0 fully saturated rings. The van der Waals surface area contributed by atoms with Crippen molar-refractivity contribution < 1.29 is 9.84 Å². The summed E-state index contributed by atoms with van der Waals surface area (Å²) in [5.74, 6) is 1.47. The SMILES string of the molecule is CCc1ccc2c(c1)c1cc(CC)c(-c3cccc(Oc4ccccn4)c3)nc1n2-c1ccccc1O. The lowest BCUT2D eigenvalue weighted by Crippen LogP contribution is -1.99. The first-order chi connectivity index (χ1) is 18.2. The number of phenolic OH excluding ortho intramolecular Hbond substituents is 1. The summed E-state index contributed by atoms with van der Waals surface area (Å²) in [6.07, 6.45) is 3.50. The number of pyridine rings is 2. The first-order valence-electron chi connectivity index (χ1n) is 12.6. The van der Waals surface area contributed by atoms with Gasteiger partial charge in [-0.15, -0.1) is 0 Å². The number of hydrogen-bond donors (Lipinski definition) is 1. The minimum absolute atomic E-state index is 0.217. The largest absolute Gasteiger partial charge is 0.506 e. The highest BCUT2D eigenvalue weighted by atomic mass is 16.5. The van der Waals surface area contributed by atoms with E-state index in [4.69, 9.17) is 9.72 Å². The van der Waals surface area contributed by atoms with Crippen molar-refractivity contribution in [3.8, 4) is 34.3 Å². The van der Waals surface area contributed by atoms with Crippen LogP contribution >= 0.6 is 0 Å². The third-order valence-corrected chi connectivity index (χ3v) is 6.76. The van der Waals surface area contributed by atoms with Crippen LogP contribution in [-0.4, -0.2) is 19.6 Å². The molecule has 3 heterocycles. The fourth-order valence-corrected chi connectivity index (χ4v) is 4.89. The lowest BCUT2D eigenvalue weighted by Gasteiger charge is -2.13. The zero-order chi connectivity index (χ0) is 25.4. The molecule has 6 rings (SSSR count). The van der Waals surface area contributed by atoms with Gasteiger partial charge in [-0.25, -0.2) is 9.97 Å². The Hall–Kier alpha value is -4.64. The monoisotopic (exact) mass is 485 g/mol. The number of benzene rings is 3. The van der Waals surface area contributed by atoms with Crippen molar-refractivity contribution >= 4 is 21.9 Å². The molecule has 37 heavy (non-hydrogen) atoms. The smallest absolute Gasteiger partial charge is 0.219 e. The number of aromatic hydroxyl groups is 1. The summed E-state index contributed by atoms with van der Waals surface area (Å²) in [7, 11) is 0. The molecule has 0 saturated carbocycles. The number of aromatic nitrogens is 3. The van der Waals surface area contributed by atoms with Crippen LogP contribution in [0, 0.1) is 0 Å². The Morgan fingerprint density at radius 1 is 0.811 bits per heavy atom. The van der Waals surface area contributed by atoms with Crippen LogP contribution in [0.5, 0.6) is 17.4 Å². The van der Waals surface area contributed by atoms with Gasteiger partial charge < -0.3 is 9.84 Å². The van der Waals surface area contributed by atoms with Crippen molar-refractivity contribution in [2.75, 3.05) is 0 Å². The molecule has 3 aromatic carbocycles. The third kappa shape index (κ3) is 4.08. The number of phenols is 1. The summed E-state index contributed by atoms with van der Waals surface area (Å²) in [4.78, 5) is 9.53. The van der Waals surface area contributed by atoms with Crippen molar-refractivity contribution in [1.82, 2.24) is 14.5 Å². The topological polar surface area (TPSA) is 60.2 Å². The minimum Gasteiger partial charge on any atom is -0.506 e. The molecule has 0 aliphatic rings. The van der Waals surface area contributed by atoms with E-state index in [0.717, 1.165) is 51.6 Å². The summed E-state index contributed by atoms with van der Waals surface area (Å²) in [6, 6.07) is 29.8. The number of fused-ring (bicyclic) bond motifs is 3. The van der Waals surface area contributed by atoms with Gasteiger partial charge in [0.25, 0.3) is 0 Å². The van der Waals surface area contributed by atoms with Crippen molar-refractivity contribution in [3.05, 3.63) is 108 Å². The molecule has 0 saturated heterocycles. The average Bonchev–Trinajstić information content (AvgIpc) is 3.25. The van der Waals surface area contributed by atoms with Gasteiger partial charge in [0.05, 0.1) is 16.9 Å². The number of para-hydroxylation sites is 2. The Bertz CT molecular complexity index is 1740. The Labute approximate surface area is 215 Å². The average molecular weight is 486 g/mol. The van der Waals surface area contributed by atoms with Crippen molar-refractivity contribution in [3.63, 3.8) is 0 Å². The Morgan fingerprint density at radius 2 is 1.68 bits per heavy atom. The Balaban J connectivity index is 1.60. The molecular weight excluding hydrogens is 458 g/mol. The van der Waals surface area contributed by atoms with E-state index in [-0.39, 0.29) is 5.75 Å². The van der Waals surface area contributed by atoms with Crippen LogP contribution in [0.4, 0.5) is 0 Å². The first kappa shape index (κ1) is 22.8. The zero-order valence-electron chi connectivity index (χ0n) is 20.8. The van der Waals surface area contributed by atoms with Crippen LogP contribution in [0.2, 0.25) is 0 Å². The molecule has 0 spiro atoms. The summed E-state index contributed by atoms with van der Waals surface area (Å²) in [5, 5.41) is 13.0. The van der Waals surface area contributed by atoms with Crippen molar-refractivity contribution in [1.29, 1.82) is 0 Å². The number of rotatable bonds is 6. The quantitative estimate of drug-likeness (QED) is 0.261. The molecule has 5 heteroatoms. The number of hydrogen-bond acceptors (Lipinski definition) is 4. The van der Waals surface area contributed by atoms with Crippen LogP contribution in [0.15, 0.2) is 97.2 Å². The van der Waals surface area contributed by atoms with Gasteiger partial charge in [-0.1, -0.05) is 50.2 Å². The molecule has 0 aliphatic carbocycles. The molecule has 0 aliphatic heterocycles. The minimum atomic E-state index is 0.217. The van der Waals surface area contributed by atoms with Crippen LogP contribution in [0.3, 0.4) is 0 Å². The summed E-state index contributed by atoms with van der Waals surface area (Å²) in [5.41, 5.74) is 6.83. The summed E-state index contributed by atoms with van der Waals surface area (Å²) >= 11 is 0. The van der Waals surface area contributed by atoms with E-state index in [9.17, 15) is 5.11 Å². The lowest BCUT2D eigenvalue weighted by atomic mass is 10.0. The number of ether oxygens (including phenoxy) is 1. The second kappa shape index (κ2) is 9.43. The van der Waals surface area contributed by atoms with E-state index < -0.39 is 0 Å². The predicted octanol–water partition coefficient (Wildman–Crippen LogP) is 7.86. The molecule has 5 nitrogen and oxygen atoms in total. The molecule has 6 aromatic rings. The molecule has 1 N–H and O–H groups in total. The normalized spacial score (nSPS) is 11.3. The first-order valence-corrected chi connectivity index (χ1v) is 12.6. The fraction of sp³-hybridized carbons (Fsp3) is 0.125. The Kier molecular flexibility index (Phi) is 5.81. The molecular formula is C32H27N3O2. The van der Waals surface area contributed by atoms with Gasteiger partial charge in [-0.3, -0.25) is 4.57 Å². The summed E-state index contributed by atoms with van der Waals surface area (Å²) < 4.78 is 8.07. The van der Waals surface area contributed by atoms with E-state index in [1.54, 1.807) is 12.3 Å². The van der Waals surface area contributed by atoms with Crippen molar-refractivity contribution in [2.24, 2.45) is 0 Å². The van der Waals surface area contributed by atoms with Crippen LogP contribution in [0.25, 0.3) is 38.9 Å². The molecule has 0 radical (unpaired) electrons. The Morgan fingerprint density at radius 3 is 2.46 bits per heavy atom. The van der Waals surface area contributed by atoms with Gasteiger partial charge in [0.1, 0.15) is 17.1 Å². The van der Waals surface area contributed by atoms with Gasteiger partial charge in [0, 0.05) is 28.6 Å². The standard InChI is InChI=1S/C32H27N3O2/c1-3-21-15-16-27-25(18-21)26-20-22(4-2)31(34-32(26)35(27)28-12-5-6-13-29(28)36)23-10-9-11-24(19-23)37-30-14-7-8-17-33-30/h5-20,36H,3-4H2,1-2H3. The van der Waals surface area contributed by atoms with E-state index in [1.165, 1.54) is 5.56 Å². The maximum Gasteiger partial charge on any atom is 0.219 e. The van der Waals surface area contributed by atoms with Gasteiger partial charge in [-0.05, 0) is 72.5 Å². The molecule has 0 unspecified atom stereocenters. The van der Waals surface area contributed by atoms with Crippen molar-refractivity contribution in [2.45, 2.75) is 26.7 Å².